The minimum atomic E-state index is -0.0778. The number of likely N-dealkylation sites (tertiary alicyclic amines) is 1. The summed E-state index contributed by atoms with van der Waals surface area (Å²) >= 11 is 0. The predicted octanol–water partition coefficient (Wildman–Crippen LogP) is 3.91. The fraction of sp³-hybridized carbons (Fsp3) is 0.500. The number of guanidine groups is 1. The average Bonchev–Trinajstić information content (AvgIpc) is 3.32. The number of furan rings is 1. The Balaban J connectivity index is 0.00000363. The lowest BCUT2D eigenvalue weighted by Crippen LogP contribution is -2.47. The Morgan fingerprint density at radius 1 is 1.19 bits per heavy atom. The van der Waals surface area contributed by atoms with Crippen molar-refractivity contribution in [1.82, 2.24) is 10.2 Å². The third-order valence-electron chi connectivity index (χ3n) is 5.47. The Kier molecular flexibility index (Phi) is 11.4. The minimum absolute atomic E-state index is 0. The molecule has 0 bridgehead atoms. The Bertz CT molecular complexity index is 816. The summed E-state index contributed by atoms with van der Waals surface area (Å²) in [4.78, 5) is 19.1. The van der Waals surface area contributed by atoms with Gasteiger partial charge in [0.25, 0.3) is 0 Å². The summed E-state index contributed by atoms with van der Waals surface area (Å²) in [6.07, 6.45) is 4.91. The molecule has 0 atom stereocenters. The Morgan fingerprint density at radius 2 is 1.94 bits per heavy atom. The molecule has 1 aromatic heterocycles. The summed E-state index contributed by atoms with van der Waals surface area (Å²) in [7, 11) is 1.67. The molecule has 8 heteroatoms. The number of carbonyl (C=O) groups is 1. The van der Waals surface area contributed by atoms with Crippen LogP contribution in [0.15, 0.2) is 52.1 Å². The van der Waals surface area contributed by atoms with E-state index in [0.717, 1.165) is 62.8 Å². The van der Waals surface area contributed by atoms with Crippen LogP contribution < -0.4 is 10.1 Å². The van der Waals surface area contributed by atoms with E-state index in [4.69, 9.17) is 18.9 Å². The third-order valence-corrected chi connectivity index (χ3v) is 5.47. The molecule has 1 aromatic carbocycles. The summed E-state index contributed by atoms with van der Waals surface area (Å²) in [5.41, 5.74) is 1.24. The molecule has 1 saturated heterocycles. The van der Waals surface area contributed by atoms with E-state index in [9.17, 15) is 4.79 Å². The zero-order valence-corrected chi connectivity index (χ0v) is 21.2. The number of rotatable bonds is 9. The standard InChI is InChI=1S/C24H33N3O4.HI/c1-3-30-23(28)20-12-16-27(17-13-20)24(26-15-11-22-5-4-18-31-22)25-14-10-19-6-8-21(29-2)9-7-19;/h4-9,18,20H,3,10-17H2,1-2H3,(H,25,26);1H. The monoisotopic (exact) mass is 555 g/mol. The summed E-state index contributed by atoms with van der Waals surface area (Å²) in [6.45, 7) is 5.30. The van der Waals surface area contributed by atoms with E-state index >= 15 is 0 Å². The highest BCUT2D eigenvalue weighted by molar-refractivity contribution is 14.0. The lowest BCUT2D eigenvalue weighted by molar-refractivity contribution is -0.149. The normalized spacial score (nSPS) is 14.6. The first-order valence-electron chi connectivity index (χ1n) is 11.0. The van der Waals surface area contributed by atoms with Crippen molar-refractivity contribution in [2.75, 3.05) is 39.9 Å². The molecule has 0 radical (unpaired) electrons. The number of aliphatic imine (C=N–C) groups is 1. The number of nitrogens with one attached hydrogen (secondary N) is 1. The number of piperidine rings is 1. The number of benzene rings is 1. The number of hydrogen-bond donors (Lipinski definition) is 1. The predicted molar refractivity (Wildman–Crippen MR) is 136 cm³/mol. The maximum absolute atomic E-state index is 12.0. The lowest BCUT2D eigenvalue weighted by atomic mass is 9.97. The Hall–Kier alpha value is -2.23. The van der Waals surface area contributed by atoms with Crippen LogP contribution in [0.3, 0.4) is 0 Å². The SMILES string of the molecule is CCOC(=O)C1CCN(C(=NCCc2ccco2)NCCc2ccc(OC)cc2)CC1.I. The topological polar surface area (TPSA) is 76.3 Å². The molecule has 1 N–H and O–H groups in total. The maximum Gasteiger partial charge on any atom is 0.309 e. The van der Waals surface area contributed by atoms with E-state index in [1.165, 1.54) is 5.56 Å². The van der Waals surface area contributed by atoms with E-state index in [0.29, 0.717) is 13.2 Å². The molecule has 0 spiro atoms. The van der Waals surface area contributed by atoms with Gasteiger partial charge >= 0.3 is 5.97 Å². The summed E-state index contributed by atoms with van der Waals surface area (Å²) in [5.74, 6) is 2.59. The molecular weight excluding hydrogens is 521 g/mol. The van der Waals surface area contributed by atoms with Crippen LogP contribution in [0.4, 0.5) is 0 Å². The summed E-state index contributed by atoms with van der Waals surface area (Å²) in [5, 5.41) is 3.51. The number of ether oxygens (including phenoxy) is 2. The largest absolute Gasteiger partial charge is 0.497 e. The first-order chi connectivity index (χ1) is 15.2. The van der Waals surface area contributed by atoms with Crippen molar-refractivity contribution in [2.24, 2.45) is 10.9 Å². The first-order valence-corrected chi connectivity index (χ1v) is 11.0. The van der Waals surface area contributed by atoms with Crippen molar-refractivity contribution in [2.45, 2.75) is 32.6 Å². The van der Waals surface area contributed by atoms with Crippen LogP contribution in [0.25, 0.3) is 0 Å². The van der Waals surface area contributed by atoms with E-state index in [1.807, 2.05) is 31.2 Å². The summed E-state index contributed by atoms with van der Waals surface area (Å²) < 4.78 is 15.8. The highest BCUT2D eigenvalue weighted by Gasteiger charge is 2.27. The van der Waals surface area contributed by atoms with Gasteiger partial charge in [-0.15, -0.1) is 24.0 Å². The molecule has 7 nitrogen and oxygen atoms in total. The number of hydrogen-bond acceptors (Lipinski definition) is 5. The van der Waals surface area contributed by atoms with Gasteiger partial charge in [0.05, 0.1) is 25.9 Å². The van der Waals surface area contributed by atoms with Gasteiger partial charge in [0.2, 0.25) is 0 Å². The molecule has 2 heterocycles. The minimum Gasteiger partial charge on any atom is -0.497 e. The second-order valence-electron chi connectivity index (χ2n) is 7.57. The van der Waals surface area contributed by atoms with Crippen molar-refractivity contribution >= 4 is 35.9 Å². The fourth-order valence-corrected chi connectivity index (χ4v) is 3.69. The maximum atomic E-state index is 12.0. The van der Waals surface area contributed by atoms with Crippen LogP contribution in [0.5, 0.6) is 5.75 Å². The molecule has 32 heavy (non-hydrogen) atoms. The van der Waals surface area contributed by atoms with Gasteiger partial charge in [-0.2, -0.15) is 0 Å². The highest BCUT2D eigenvalue weighted by Crippen LogP contribution is 2.19. The Morgan fingerprint density at radius 3 is 2.56 bits per heavy atom. The number of halogens is 1. The highest BCUT2D eigenvalue weighted by atomic mass is 127. The molecule has 2 aromatic rings. The van der Waals surface area contributed by atoms with Crippen molar-refractivity contribution in [3.8, 4) is 5.75 Å². The van der Waals surface area contributed by atoms with Gasteiger partial charge in [-0.3, -0.25) is 9.79 Å². The van der Waals surface area contributed by atoms with Gasteiger partial charge in [-0.1, -0.05) is 12.1 Å². The number of nitrogens with zero attached hydrogens (tertiary/aromatic N) is 2. The van der Waals surface area contributed by atoms with E-state index in [-0.39, 0.29) is 35.9 Å². The second kappa shape index (κ2) is 14.0. The molecule has 176 valence electrons. The zero-order valence-electron chi connectivity index (χ0n) is 18.9. The van der Waals surface area contributed by atoms with Crippen LogP contribution >= 0.6 is 24.0 Å². The molecule has 0 amide bonds. The number of methoxy groups -OCH3 is 1. The average molecular weight is 555 g/mol. The van der Waals surface area contributed by atoms with Gasteiger partial charge in [-0.25, -0.2) is 0 Å². The smallest absolute Gasteiger partial charge is 0.309 e. The summed E-state index contributed by atoms with van der Waals surface area (Å²) in [6, 6.07) is 12.0. The van der Waals surface area contributed by atoms with E-state index in [1.54, 1.807) is 13.4 Å². The van der Waals surface area contributed by atoms with Crippen molar-refractivity contribution < 1.29 is 18.7 Å². The molecule has 0 unspecified atom stereocenters. The van der Waals surface area contributed by atoms with Gasteiger partial charge in [-0.05, 0) is 56.0 Å². The van der Waals surface area contributed by atoms with Gasteiger partial charge in [0, 0.05) is 32.6 Å². The van der Waals surface area contributed by atoms with E-state index < -0.39 is 0 Å². The van der Waals surface area contributed by atoms with Crippen LogP contribution in [-0.2, 0) is 22.4 Å². The molecule has 1 aliphatic rings. The number of carbonyl (C=O) groups excluding carboxylic acids is 1. The van der Waals surface area contributed by atoms with Crippen molar-refractivity contribution in [1.29, 1.82) is 0 Å². The zero-order chi connectivity index (χ0) is 21.9. The van der Waals surface area contributed by atoms with Crippen LogP contribution in [0, 0.1) is 5.92 Å². The van der Waals surface area contributed by atoms with Crippen LogP contribution in [0.1, 0.15) is 31.1 Å². The third kappa shape index (κ3) is 8.03. The molecule has 0 aliphatic carbocycles. The van der Waals surface area contributed by atoms with Gasteiger partial charge in [0.1, 0.15) is 11.5 Å². The second-order valence-corrected chi connectivity index (χ2v) is 7.57. The Labute approximate surface area is 207 Å². The van der Waals surface area contributed by atoms with Crippen LogP contribution in [0.2, 0.25) is 0 Å². The van der Waals surface area contributed by atoms with Crippen molar-refractivity contribution in [3.05, 3.63) is 54.0 Å². The van der Waals surface area contributed by atoms with Gasteiger partial charge < -0.3 is 24.1 Å². The van der Waals surface area contributed by atoms with E-state index in [2.05, 4.69) is 22.3 Å². The molecule has 3 rings (SSSR count). The van der Waals surface area contributed by atoms with Crippen LogP contribution in [-0.4, -0.2) is 56.7 Å². The fourth-order valence-electron chi connectivity index (χ4n) is 3.69. The first kappa shape index (κ1) is 26.0. The molecule has 1 aliphatic heterocycles. The van der Waals surface area contributed by atoms with Gasteiger partial charge in [0.15, 0.2) is 5.96 Å². The molecular formula is C24H34IN3O4. The van der Waals surface area contributed by atoms with Crippen molar-refractivity contribution in [3.63, 3.8) is 0 Å². The molecule has 1 fully saturated rings. The quantitative estimate of drug-likeness (QED) is 0.219. The number of esters is 1. The lowest BCUT2D eigenvalue weighted by Gasteiger charge is -2.33. The molecule has 0 saturated carbocycles.